The highest BCUT2D eigenvalue weighted by molar-refractivity contribution is 6.03. The Morgan fingerprint density at radius 2 is 1.91 bits per heavy atom. The van der Waals surface area contributed by atoms with Crippen molar-refractivity contribution in [3.05, 3.63) is 67.0 Å². The number of fused-ring (bicyclic) bond motifs is 1. The van der Waals surface area contributed by atoms with Gasteiger partial charge in [-0.3, -0.25) is 4.79 Å². The predicted molar refractivity (Wildman–Crippen MR) is 171 cm³/mol. The molecule has 11 heteroatoms. The van der Waals surface area contributed by atoms with E-state index in [0.29, 0.717) is 35.8 Å². The van der Waals surface area contributed by atoms with Crippen LogP contribution in [0.25, 0.3) is 22.2 Å². The molecule has 226 valence electrons. The van der Waals surface area contributed by atoms with Crippen molar-refractivity contribution in [2.45, 2.75) is 26.4 Å². The lowest BCUT2D eigenvalue weighted by Gasteiger charge is -2.26. The summed E-state index contributed by atoms with van der Waals surface area (Å²) in [5, 5.41) is 7.02. The Hall–Kier alpha value is -4.90. The zero-order valence-corrected chi connectivity index (χ0v) is 25.5. The van der Waals surface area contributed by atoms with Crippen LogP contribution in [-0.4, -0.2) is 79.2 Å². The molecule has 0 saturated heterocycles. The topological polar surface area (TPSA) is 125 Å². The molecule has 1 amide bonds. The number of likely N-dealkylation sites (N-methyl/N-ethyl adjacent to an activating group) is 2. The summed E-state index contributed by atoms with van der Waals surface area (Å²) >= 11 is 0. The maximum atomic E-state index is 13.2. The van der Waals surface area contributed by atoms with Crippen molar-refractivity contribution in [1.82, 2.24) is 19.9 Å². The van der Waals surface area contributed by atoms with Crippen molar-refractivity contribution in [3.8, 4) is 17.0 Å². The van der Waals surface area contributed by atoms with E-state index < -0.39 is 5.97 Å². The number of ether oxygens (including phenoxy) is 2. The molecule has 4 rings (SSSR count). The standard InChI is InChI=1S/C32H39N7O4/c1-8-20(3)43-31(41)23-19-34-32(37-30(23)22-18-33-24-13-11-10-12-21(22)24)36-26-16-25(35-29(40)9-2)27(17-28(26)42-7)39(6)15-14-38(4)5/h9-13,16-20,33H,2,8,14-15H2,1,3-7H3,(H,35,40)(H,34,36,37). The van der Waals surface area contributed by atoms with Crippen molar-refractivity contribution in [3.63, 3.8) is 0 Å². The molecule has 4 aromatic rings. The van der Waals surface area contributed by atoms with Crippen LogP contribution < -0.4 is 20.3 Å². The number of benzene rings is 2. The maximum Gasteiger partial charge on any atom is 0.342 e. The Kier molecular flexibility index (Phi) is 9.99. The number of carbonyl (C=O) groups excluding carboxylic acids is 2. The normalized spacial score (nSPS) is 11.7. The van der Waals surface area contributed by atoms with E-state index in [1.807, 2.05) is 76.4 Å². The Morgan fingerprint density at radius 1 is 1.14 bits per heavy atom. The largest absolute Gasteiger partial charge is 0.494 e. The summed E-state index contributed by atoms with van der Waals surface area (Å²) in [6.07, 6.45) is 4.92. The number of aromatic nitrogens is 3. The number of aromatic amines is 1. The van der Waals surface area contributed by atoms with Crippen molar-refractivity contribution in [2.24, 2.45) is 0 Å². The van der Waals surface area contributed by atoms with Gasteiger partial charge in [0.25, 0.3) is 0 Å². The fraction of sp³-hybridized carbons (Fsp3) is 0.312. The fourth-order valence-corrected chi connectivity index (χ4v) is 4.42. The summed E-state index contributed by atoms with van der Waals surface area (Å²) in [5.74, 6) is -0.104. The fourth-order valence-electron chi connectivity index (χ4n) is 4.42. The molecular formula is C32H39N7O4. The van der Waals surface area contributed by atoms with E-state index in [0.717, 1.165) is 28.7 Å². The van der Waals surface area contributed by atoms with Crippen LogP contribution in [0.1, 0.15) is 30.6 Å². The number of nitrogens with zero attached hydrogens (tertiary/aromatic N) is 4. The van der Waals surface area contributed by atoms with E-state index in [-0.39, 0.29) is 23.5 Å². The summed E-state index contributed by atoms with van der Waals surface area (Å²) in [7, 11) is 7.52. The summed E-state index contributed by atoms with van der Waals surface area (Å²) < 4.78 is 11.4. The lowest BCUT2D eigenvalue weighted by Crippen LogP contribution is -2.29. The van der Waals surface area contributed by atoms with E-state index in [1.54, 1.807) is 13.2 Å². The summed E-state index contributed by atoms with van der Waals surface area (Å²) in [6, 6.07) is 11.4. The number of hydrogen-bond acceptors (Lipinski definition) is 9. The van der Waals surface area contributed by atoms with Crippen LogP contribution in [0.15, 0.2) is 61.4 Å². The van der Waals surface area contributed by atoms with Gasteiger partial charge in [-0.25, -0.2) is 14.8 Å². The third-order valence-electron chi connectivity index (χ3n) is 7.04. The van der Waals surface area contributed by atoms with Crippen molar-refractivity contribution in [1.29, 1.82) is 0 Å². The molecule has 0 aliphatic rings. The van der Waals surface area contributed by atoms with Gasteiger partial charge in [-0.1, -0.05) is 31.7 Å². The van der Waals surface area contributed by atoms with Crippen LogP contribution in [0.4, 0.5) is 23.0 Å². The molecule has 0 aliphatic heterocycles. The molecule has 0 radical (unpaired) electrons. The molecule has 0 aliphatic carbocycles. The minimum atomic E-state index is -0.502. The van der Waals surface area contributed by atoms with E-state index >= 15 is 0 Å². The SMILES string of the molecule is C=CC(=O)Nc1cc(Nc2ncc(C(=O)OC(C)CC)c(-c3c[nH]c4ccccc34)n2)c(OC)cc1N(C)CCN(C)C. The maximum absolute atomic E-state index is 13.2. The first-order valence-corrected chi connectivity index (χ1v) is 14.1. The first kappa shape index (κ1) is 31.0. The van der Waals surface area contributed by atoms with Crippen LogP contribution in [0.5, 0.6) is 5.75 Å². The summed E-state index contributed by atoms with van der Waals surface area (Å²) in [6.45, 7) is 8.90. The molecule has 43 heavy (non-hydrogen) atoms. The lowest BCUT2D eigenvalue weighted by atomic mass is 10.1. The first-order valence-electron chi connectivity index (χ1n) is 14.1. The first-order chi connectivity index (χ1) is 20.6. The third kappa shape index (κ3) is 7.31. The van der Waals surface area contributed by atoms with Gasteiger partial charge >= 0.3 is 5.97 Å². The molecule has 2 aromatic carbocycles. The second kappa shape index (κ2) is 13.8. The van der Waals surface area contributed by atoms with Crippen LogP contribution in [0.2, 0.25) is 0 Å². The molecule has 3 N–H and O–H groups in total. The number of para-hydroxylation sites is 1. The predicted octanol–water partition coefficient (Wildman–Crippen LogP) is 5.45. The van der Waals surface area contributed by atoms with Gasteiger partial charge in [0.2, 0.25) is 11.9 Å². The number of methoxy groups -OCH3 is 1. The molecule has 1 unspecified atom stereocenters. The van der Waals surface area contributed by atoms with Crippen molar-refractivity contribution in [2.75, 3.05) is 56.9 Å². The van der Waals surface area contributed by atoms with Gasteiger partial charge in [0.05, 0.1) is 36.0 Å². The Balaban J connectivity index is 1.79. The Labute approximate surface area is 251 Å². The average Bonchev–Trinajstić information content (AvgIpc) is 3.43. The number of H-pyrrole nitrogens is 1. The highest BCUT2D eigenvalue weighted by Crippen LogP contribution is 2.38. The molecular weight excluding hydrogens is 546 g/mol. The molecule has 1 atom stereocenters. The molecule has 2 heterocycles. The Morgan fingerprint density at radius 3 is 2.60 bits per heavy atom. The van der Waals surface area contributed by atoms with E-state index in [4.69, 9.17) is 14.5 Å². The summed E-state index contributed by atoms with van der Waals surface area (Å²) in [4.78, 5) is 42.2. The number of anilines is 4. The van der Waals surface area contributed by atoms with Crippen LogP contribution in [-0.2, 0) is 9.53 Å². The molecule has 2 aromatic heterocycles. The van der Waals surface area contributed by atoms with Gasteiger partial charge in [0.1, 0.15) is 11.3 Å². The number of nitrogens with one attached hydrogen (secondary N) is 3. The monoisotopic (exact) mass is 585 g/mol. The second-order valence-electron chi connectivity index (χ2n) is 10.4. The highest BCUT2D eigenvalue weighted by atomic mass is 16.5. The number of amides is 1. The lowest BCUT2D eigenvalue weighted by molar-refractivity contribution is -0.111. The smallest absolute Gasteiger partial charge is 0.342 e. The average molecular weight is 586 g/mol. The molecule has 0 bridgehead atoms. The van der Waals surface area contributed by atoms with E-state index in [2.05, 4.69) is 32.1 Å². The molecule has 0 spiro atoms. The zero-order valence-electron chi connectivity index (χ0n) is 25.5. The number of hydrogen-bond donors (Lipinski definition) is 3. The van der Waals surface area contributed by atoms with Gasteiger partial charge in [0.15, 0.2) is 0 Å². The Bertz CT molecular complexity index is 1610. The number of rotatable bonds is 13. The minimum absolute atomic E-state index is 0.230. The quantitative estimate of drug-likeness (QED) is 0.139. The van der Waals surface area contributed by atoms with Crippen LogP contribution >= 0.6 is 0 Å². The van der Waals surface area contributed by atoms with Gasteiger partial charge in [-0.2, -0.15) is 0 Å². The van der Waals surface area contributed by atoms with Crippen molar-refractivity contribution >= 4 is 45.8 Å². The van der Waals surface area contributed by atoms with E-state index in [9.17, 15) is 9.59 Å². The van der Waals surface area contributed by atoms with Gasteiger partial charge in [0, 0.05) is 55.1 Å². The van der Waals surface area contributed by atoms with Crippen LogP contribution in [0.3, 0.4) is 0 Å². The van der Waals surface area contributed by atoms with E-state index in [1.165, 1.54) is 12.3 Å². The molecule has 11 nitrogen and oxygen atoms in total. The van der Waals surface area contributed by atoms with Crippen LogP contribution in [0, 0.1) is 0 Å². The molecule has 0 saturated carbocycles. The number of esters is 1. The van der Waals surface area contributed by atoms with Gasteiger partial charge in [-0.15, -0.1) is 0 Å². The summed E-state index contributed by atoms with van der Waals surface area (Å²) in [5.41, 5.74) is 4.15. The minimum Gasteiger partial charge on any atom is -0.494 e. The zero-order chi connectivity index (χ0) is 31.1. The third-order valence-corrected chi connectivity index (χ3v) is 7.04. The highest BCUT2D eigenvalue weighted by Gasteiger charge is 2.23. The molecule has 0 fully saturated rings. The van der Waals surface area contributed by atoms with Gasteiger partial charge in [-0.05, 0) is 45.6 Å². The second-order valence-corrected chi connectivity index (χ2v) is 10.4. The van der Waals surface area contributed by atoms with Gasteiger partial charge < -0.3 is 34.9 Å². The number of carbonyl (C=O) groups is 2. The van der Waals surface area contributed by atoms with Crippen molar-refractivity contribution < 1.29 is 19.1 Å².